The summed E-state index contributed by atoms with van der Waals surface area (Å²) in [7, 11) is 1.65. The van der Waals surface area contributed by atoms with Crippen molar-refractivity contribution < 1.29 is 9.53 Å². The molecule has 0 unspecified atom stereocenters. The fraction of sp³-hybridized carbons (Fsp3) is 0.278. The van der Waals surface area contributed by atoms with E-state index >= 15 is 0 Å². The first-order valence-corrected chi connectivity index (χ1v) is 7.48. The van der Waals surface area contributed by atoms with Gasteiger partial charge in [0.1, 0.15) is 0 Å². The van der Waals surface area contributed by atoms with Crippen molar-refractivity contribution in [3.05, 3.63) is 59.2 Å². The van der Waals surface area contributed by atoms with Gasteiger partial charge in [-0.25, -0.2) is 0 Å². The zero-order valence-electron chi connectivity index (χ0n) is 13.1. The molecule has 0 spiro atoms. The smallest absolute Gasteiger partial charge is 0.258 e. The van der Waals surface area contributed by atoms with E-state index in [9.17, 15) is 4.79 Å². The molecule has 0 aliphatic carbocycles. The molecule has 1 amide bonds. The molecule has 0 saturated carbocycles. The van der Waals surface area contributed by atoms with Gasteiger partial charge < -0.3 is 15.4 Å². The number of rotatable bonds is 3. The van der Waals surface area contributed by atoms with E-state index in [0.29, 0.717) is 12.2 Å². The molecule has 0 saturated heterocycles. The monoisotopic (exact) mass is 332 g/mol. The molecule has 2 aromatic carbocycles. The van der Waals surface area contributed by atoms with Gasteiger partial charge in [0.05, 0.1) is 6.61 Å². The third-order valence-corrected chi connectivity index (χ3v) is 4.02. The molecule has 0 aromatic heterocycles. The lowest BCUT2D eigenvalue weighted by Crippen LogP contribution is -2.35. The van der Waals surface area contributed by atoms with Crippen LogP contribution in [0.1, 0.15) is 27.9 Å². The van der Waals surface area contributed by atoms with Gasteiger partial charge in [-0.15, -0.1) is 12.4 Å². The minimum Gasteiger partial charge on any atom is -0.398 e. The van der Waals surface area contributed by atoms with Crippen LogP contribution in [-0.2, 0) is 17.8 Å². The first kappa shape index (κ1) is 17.3. The Morgan fingerprint density at radius 3 is 2.83 bits per heavy atom. The van der Waals surface area contributed by atoms with E-state index in [1.807, 2.05) is 47.4 Å². The van der Waals surface area contributed by atoms with Crippen LogP contribution >= 0.6 is 12.4 Å². The maximum atomic E-state index is 12.9. The molecule has 1 aliphatic heterocycles. The zero-order chi connectivity index (χ0) is 15.5. The highest BCUT2D eigenvalue weighted by Gasteiger charge is 2.24. The second-order valence-electron chi connectivity index (χ2n) is 5.54. The average Bonchev–Trinajstić information content (AvgIpc) is 2.55. The number of hydrogen-bond donors (Lipinski definition) is 1. The van der Waals surface area contributed by atoms with Crippen molar-refractivity contribution in [3.8, 4) is 0 Å². The second-order valence-corrected chi connectivity index (χ2v) is 5.54. The van der Waals surface area contributed by atoms with E-state index in [1.54, 1.807) is 7.11 Å². The van der Waals surface area contributed by atoms with Gasteiger partial charge in [0, 0.05) is 30.6 Å². The number of nitrogens with zero attached hydrogens (tertiary/aromatic N) is 1. The Labute approximate surface area is 142 Å². The van der Waals surface area contributed by atoms with Crippen LogP contribution in [0.5, 0.6) is 0 Å². The largest absolute Gasteiger partial charge is 0.398 e. The Morgan fingerprint density at radius 2 is 2.04 bits per heavy atom. The molecule has 122 valence electrons. The van der Waals surface area contributed by atoms with Crippen LogP contribution in [0.2, 0.25) is 0 Å². The molecular formula is C18H21ClN2O2. The molecule has 0 atom stereocenters. The summed E-state index contributed by atoms with van der Waals surface area (Å²) >= 11 is 0. The summed E-state index contributed by atoms with van der Waals surface area (Å²) in [5.41, 5.74) is 10.5. The summed E-state index contributed by atoms with van der Waals surface area (Å²) in [5, 5.41) is 0. The quantitative estimate of drug-likeness (QED) is 0.876. The highest BCUT2D eigenvalue weighted by Crippen LogP contribution is 2.32. The molecule has 5 heteroatoms. The predicted octanol–water partition coefficient (Wildman–Crippen LogP) is 3.43. The summed E-state index contributed by atoms with van der Waals surface area (Å²) in [4.78, 5) is 14.7. The van der Waals surface area contributed by atoms with Crippen LogP contribution < -0.4 is 10.6 Å². The number of benzene rings is 2. The average molecular weight is 333 g/mol. The van der Waals surface area contributed by atoms with Crippen LogP contribution in [0.3, 0.4) is 0 Å². The summed E-state index contributed by atoms with van der Waals surface area (Å²) in [6.07, 6.45) is 1.86. The number of halogens is 1. The summed E-state index contributed by atoms with van der Waals surface area (Å²) < 4.78 is 5.14. The minimum absolute atomic E-state index is 0. The van der Waals surface area contributed by atoms with Crippen LogP contribution in [0.15, 0.2) is 42.5 Å². The number of amides is 1. The Bertz CT molecular complexity index is 703. The normalized spacial score (nSPS) is 13.2. The first-order valence-electron chi connectivity index (χ1n) is 7.48. The molecular weight excluding hydrogens is 312 g/mol. The van der Waals surface area contributed by atoms with E-state index in [4.69, 9.17) is 10.5 Å². The number of hydrogen-bond acceptors (Lipinski definition) is 3. The number of carbonyl (C=O) groups excluding carboxylic acids is 1. The molecule has 2 N–H and O–H groups in total. The number of methoxy groups -OCH3 is 1. The van der Waals surface area contributed by atoms with Crippen LogP contribution in [0, 0.1) is 0 Å². The third kappa shape index (κ3) is 3.49. The second kappa shape index (κ2) is 7.49. The van der Waals surface area contributed by atoms with Crippen molar-refractivity contribution in [2.45, 2.75) is 19.4 Å². The van der Waals surface area contributed by atoms with Crippen LogP contribution in [0.25, 0.3) is 0 Å². The number of ether oxygens (including phenoxy) is 1. The maximum absolute atomic E-state index is 12.9. The van der Waals surface area contributed by atoms with E-state index in [1.165, 1.54) is 0 Å². The summed E-state index contributed by atoms with van der Waals surface area (Å²) in [6.45, 7) is 1.23. The van der Waals surface area contributed by atoms with E-state index in [0.717, 1.165) is 41.9 Å². The third-order valence-electron chi connectivity index (χ3n) is 4.02. The van der Waals surface area contributed by atoms with Gasteiger partial charge in [-0.05, 0) is 48.2 Å². The van der Waals surface area contributed by atoms with Crippen molar-refractivity contribution >= 4 is 29.7 Å². The molecule has 0 radical (unpaired) electrons. The maximum Gasteiger partial charge on any atom is 0.258 e. The van der Waals surface area contributed by atoms with Gasteiger partial charge in [0.2, 0.25) is 0 Å². The van der Waals surface area contributed by atoms with E-state index in [2.05, 4.69) is 0 Å². The van der Waals surface area contributed by atoms with Crippen molar-refractivity contribution in [2.24, 2.45) is 0 Å². The van der Waals surface area contributed by atoms with E-state index in [-0.39, 0.29) is 18.3 Å². The van der Waals surface area contributed by atoms with Crippen molar-refractivity contribution in [2.75, 3.05) is 24.3 Å². The molecule has 4 nitrogen and oxygen atoms in total. The molecule has 2 aromatic rings. The van der Waals surface area contributed by atoms with Crippen molar-refractivity contribution in [3.63, 3.8) is 0 Å². The fourth-order valence-electron chi connectivity index (χ4n) is 2.98. The Balaban J connectivity index is 0.00000192. The Morgan fingerprint density at radius 1 is 1.26 bits per heavy atom. The van der Waals surface area contributed by atoms with Crippen molar-refractivity contribution in [1.82, 2.24) is 0 Å². The van der Waals surface area contributed by atoms with E-state index < -0.39 is 0 Å². The molecule has 3 rings (SSSR count). The minimum atomic E-state index is 0. The number of carbonyl (C=O) groups is 1. The molecule has 1 heterocycles. The number of nitrogen functional groups attached to an aromatic ring is 1. The van der Waals surface area contributed by atoms with Crippen molar-refractivity contribution in [1.29, 1.82) is 0 Å². The molecule has 23 heavy (non-hydrogen) atoms. The highest BCUT2D eigenvalue weighted by atomic mass is 35.5. The molecule has 0 bridgehead atoms. The van der Waals surface area contributed by atoms with Gasteiger partial charge in [0.25, 0.3) is 5.91 Å². The van der Waals surface area contributed by atoms with Gasteiger partial charge in [-0.3, -0.25) is 4.79 Å². The number of anilines is 2. The molecule has 1 aliphatic rings. The summed E-state index contributed by atoms with van der Waals surface area (Å²) in [5.74, 6) is 0.0181. The van der Waals surface area contributed by atoms with Crippen LogP contribution in [0.4, 0.5) is 11.4 Å². The van der Waals surface area contributed by atoms with Crippen LogP contribution in [-0.4, -0.2) is 19.6 Å². The van der Waals surface area contributed by atoms with Gasteiger partial charge >= 0.3 is 0 Å². The predicted molar refractivity (Wildman–Crippen MR) is 95.3 cm³/mol. The molecule has 0 fully saturated rings. The lowest BCUT2D eigenvalue weighted by atomic mass is 9.99. The fourth-order valence-corrected chi connectivity index (χ4v) is 2.98. The Kier molecular flexibility index (Phi) is 5.64. The zero-order valence-corrected chi connectivity index (χ0v) is 13.9. The first-order chi connectivity index (χ1) is 10.7. The Hall–Kier alpha value is -2.04. The lowest BCUT2D eigenvalue weighted by Gasteiger charge is -2.30. The summed E-state index contributed by atoms with van der Waals surface area (Å²) in [6, 6.07) is 13.4. The SMILES string of the molecule is COCc1cccc(C(=O)N2CCCc3c(N)cccc32)c1.Cl. The number of fused-ring (bicyclic) bond motifs is 1. The van der Waals surface area contributed by atoms with Gasteiger partial charge in [0.15, 0.2) is 0 Å². The number of nitrogens with two attached hydrogens (primary N) is 1. The lowest BCUT2D eigenvalue weighted by molar-refractivity contribution is 0.0985. The topological polar surface area (TPSA) is 55.6 Å². The van der Waals surface area contributed by atoms with Gasteiger partial charge in [-0.1, -0.05) is 18.2 Å². The van der Waals surface area contributed by atoms with Gasteiger partial charge in [-0.2, -0.15) is 0 Å². The standard InChI is InChI=1S/C18H20N2O2.ClH/c1-22-12-13-5-2-6-14(11-13)18(21)20-10-4-7-15-16(19)8-3-9-17(15)20;/h2-3,5-6,8-9,11H,4,7,10,12,19H2,1H3;1H. The highest BCUT2D eigenvalue weighted by molar-refractivity contribution is 6.07.